The van der Waals surface area contributed by atoms with Gasteiger partial charge in [-0.2, -0.15) is 0 Å². The minimum Gasteiger partial charge on any atom is -0.477 e. The number of aromatic nitrogens is 1. The van der Waals surface area contributed by atoms with Gasteiger partial charge in [-0.05, 0) is 46.7 Å². The van der Waals surface area contributed by atoms with Crippen LogP contribution in [-0.4, -0.2) is 33.4 Å². The first-order chi connectivity index (χ1) is 16.8. The maximum Gasteiger partial charge on any atom is 0.543 e. The molecule has 0 aliphatic rings. The van der Waals surface area contributed by atoms with Crippen molar-refractivity contribution in [1.29, 1.82) is 0 Å². The Morgan fingerprint density at radius 3 is 2.11 bits per heavy atom. The van der Waals surface area contributed by atoms with E-state index in [1.54, 1.807) is 6.07 Å². The maximum atomic E-state index is 13.8. The molecule has 186 valence electrons. The second-order valence-corrected chi connectivity index (χ2v) is 11.1. The van der Waals surface area contributed by atoms with E-state index < -0.39 is 36.0 Å². The summed E-state index contributed by atoms with van der Waals surface area (Å²) in [6.07, 6.45) is 5.67. The van der Waals surface area contributed by atoms with E-state index in [0.29, 0.717) is 22.5 Å². The monoisotopic (exact) mass is 508 g/mol. The van der Waals surface area contributed by atoms with Crippen molar-refractivity contribution in [3.63, 3.8) is 0 Å². The lowest BCUT2D eigenvalue weighted by molar-refractivity contribution is -0.145. The number of aliphatic carboxylic acids is 1. The molecule has 0 saturated heterocycles. The average molecular weight is 509 g/mol. The molecule has 0 radical (unpaired) electrons. The quantitative estimate of drug-likeness (QED) is 0.305. The molecule has 3 aromatic rings. The van der Waals surface area contributed by atoms with Crippen LogP contribution in [0.2, 0.25) is 0 Å². The Hall–Kier alpha value is -3.43. The molecule has 0 fully saturated rings. The number of aliphatic hydroxyl groups is 1. The predicted octanol–water partition coefficient (Wildman–Crippen LogP) is 5.91. The standard InChI is InChI=1S/C28H27FNO5P/c1-7-28(25(31)32,36(34)35-6)27(5,33)23-21(18-13-15-20(29)16-14-18)17-22(19-11-9-8-10-12-19)30-24(23)26(2,3)4/h1,8-17,33H,2-6H3/p+1. The Morgan fingerprint density at radius 2 is 1.64 bits per heavy atom. The highest BCUT2D eigenvalue weighted by Gasteiger charge is 2.71. The van der Waals surface area contributed by atoms with Crippen molar-refractivity contribution in [2.75, 3.05) is 7.11 Å². The second kappa shape index (κ2) is 9.91. The van der Waals surface area contributed by atoms with Crippen LogP contribution in [0, 0.1) is 18.2 Å². The Bertz CT molecular complexity index is 1340. The third kappa shape index (κ3) is 4.56. The molecule has 3 unspecified atom stereocenters. The first-order valence-corrected chi connectivity index (χ1v) is 12.3. The third-order valence-electron chi connectivity index (χ3n) is 6.10. The average Bonchev–Trinajstić information content (AvgIpc) is 2.83. The fraction of sp³-hybridized carbons (Fsp3) is 0.286. The topological polar surface area (TPSA) is 96.7 Å². The van der Waals surface area contributed by atoms with Gasteiger partial charge in [0.25, 0.3) is 0 Å². The van der Waals surface area contributed by atoms with Gasteiger partial charge in [0, 0.05) is 16.5 Å². The smallest absolute Gasteiger partial charge is 0.477 e. The highest BCUT2D eigenvalue weighted by atomic mass is 31.1. The first-order valence-electron chi connectivity index (χ1n) is 11.1. The number of benzene rings is 2. The highest BCUT2D eigenvalue weighted by molar-refractivity contribution is 7.43. The number of terminal acetylenes is 1. The fourth-order valence-corrected chi connectivity index (χ4v) is 5.23. The van der Waals surface area contributed by atoms with Gasteiger partial charge in [0.15, 0.2) is 5.60 Å². The molecule has 8 heteroatoms. The molecule has 3 rings (SSSR count). The van der Waals surface area contributed by atoms with Crippen molar-refractivity contribution in [2.45, 2.75) is 43.9 Å². The van der Waals surface area contributed by atoms with Crippen molar-refractivity contribution in [2.24, 2.45) is 0 Å². The van der Waals surface area contributed by atoms with E-state index >= 15 is 0 Å². The summed E-state index contributed by atoms with van der Waals surface area (Å²) in [5.74, 6) is -0.0802. The number of nitrogens with zero attached hydrogens (tertiary/aromatic N) is 1. The van der Waals surface area contributed by atoms with E-state index in [-0.39, 0.29) is 5.56 Å². The molecule has 2 aromatic carbocycles. The normalized spacial score (nSPS) is 15.3. The van der Waals surface area contributed by atoms with Crippen molar-refractivity contribution >= 4 is 14.0 Å². The van der Waals surface area contributed by atoms with Crippen LogP contribution in [-0.2, 0) is 24.9 Å². The summed E-state index contributed by atoms with van der Waals surface area (Å²) in [7, 11) is -2.03. The molecule has 3 atom stereocenters. The zero-order valence-electron chi connectivity index (χ0n) is 20.7. The van der Waals surface area contributed by atoms with Gasteiger partial charge >= 0.3 is 19.2 Å². The Labute approximate surface area is 211 Å². The molecule has 0 aliphatic heterocycles. The molecule has 0 amide bonds. The van der Waals surface area contributed by atoms with E-state index in [0.717, 1.165) is 12.7 Å². The van der Waals surface area contributed by atoms with E-state index in [1.165, 1.54) is 31.2 Å². The lowest BCUT2D eigenvalue weighted by Gasteiger charge is -2.36. The number of hydrogen-bond donors (Lipinski definition) is 2. The summed E-state index contributed by atoms with van der Waals surface area (Å²) >= 11 is 0. The predicted molar refractivity (Wildman–Crippen MR) is 137 cm³/mol. The number of halogens is 1. The summed E-state index contributed by atoms with van der Waals surface area (Å²) in [5.41, 5.74) is -0.545. The van der Waals surface area contributed by atoms with Gasteiger partial charge in [0.2, 0.25) is 0 Å². The van der Waals surface area contributed by atoms with Gasteiger partial charge < -0.3 is 10.2 Å². The largest absolute Gasteiger partial charge is 0.543 e. The number of carbonyl (C=O) groups is 1. The number of pyridine rings is 1. The molecule has 1 aromatic heterocycles. The SMILES string of the molecule is C#CC(C(=O)O)([P+](=O)OC)C(C)(O)c1c(-c2ccc(F)cc2)cc(-c2ccccc2)nc1C(C)(C)C. The van der Waals surface area contributed by atoms with Crippen LogP contribution in [0.1, 0.15) is 39.0 Å². The molecule has 0 aliphatic carbocycles. The molecule has 36 heavy (non-hydrogen) atoms. The van der Waals surface area contributed by atoms with Crippen LogP contribution in [0.15, 0.2) is 60.7 Å². The van der Waals surface area contributed by atoms with Crippen LogP contribution in [0.25, 0.3) is 22.4 Å². The Kier molecular flexibility index (Phi) is 7.48. The molecule has 2 N–H and O–H groups in total. The summed E-state index contributed by atoms with van der Waals surface area (Å²) in [6.45, 7) is 6.76. The minimum atomic E-state index is -3.09. The minimum absolute atomic E-state index is 0.0713. The number of carboxylic acids is 1. The van der Waals surface area contributed by atoms with Gasteiger partial charge in [-0.15, -0.1) is 10.9 Å². The van der Waals surface area contributed by atoms with Crippen molar-refractivity contribution < 1.29 is 28.5 Å². The molecule has 0 bridgehead atoms. The molecular formula is C28H28FNO5P+. The van der Waals surface area contributed by atoms with Gasteiger partial charge in [0.1, 0.15) is 5.82 Å². The molecule has 0 spiro atoms. The lowest BCUT2D eigenvalue weighted by Crippen LogP contribution is -2.53. The maximum absolute atomic E-state index is 13.8. The Balaban J connectivity index is 2.56. The van der Waals surface area contributed by atoms with E-state index in [9.17, 15) is 24.0 Å². The van der Waals surface area contributed by atoms with Gasteiger partial charge in [-0.3, -0.25) is 4.98 Å². The van der Waals surface area contributed by atoms with Gasteiger partial charge in [-0.25, -0.2) is 9.18 Å². The number of hydrogen-bond acceptors (Lipinski definition) is 5. The second-order valence-electron chi connectivity index (χ2n) is 9.57. The number of carboxylic acid groups (broad SMARTS) is 1. The van der Waals surface area contributed by atoms with Crippen molar-refractivity contribution in [1.82, 2.24) is 4.98 Å². The highest BCUT2D eigenvalue weighted by Crippen LogP contribution is 2.54. The van der Waals surface area contributed by atoms with Crippen LogP contribution < -0.4 is 0 Å². The van der Waals surface area contributed by atoms with Crippen LogP contribution in [0.4, 0.5) is 4.39 Å². The van der Waals surface area contributed by atoms with Crippen LogP contribution >= 0.6 is 8.03 Å². The zero-order valence-corrected chi connectivity index (χ0v) is 21.6. The van der Waals surface area contributed by atoms with E-state index in [2.05, 4.69) is 5.92 Å². The molecule has 0 saturated carbocycles. The lowest BCUT2D eigenvalue weighted by atomic mass is 9.73. The summed E-state index contributed by atoms with van der Waals surface area (Å²) in [5, 5.41) is 19.6. The van der Waals surface area contributed by atoms with Crippen molar-refractivity contribution in [3.05, 3.63) is 77.7 Å². The molecule has 1 heterocycles. The van der Waals surface area contributed by atoms with Crippen LogP contribution in [0.5, 0.6) is 0 Å². The van der Waals surface area contributed by atoms with Gasteiger partial charge in [0.05, 0.1) is 18.5 Å². The van der Waals surface area contributed by atoms with E-state index in [1.807, 2.05) is 51.1 Å². The molecule has 6 nitrogen and oxygen atoms in total. The summed E-state index contributed by atoms with van der Waals surface area (Å²) in [4.78, 5) is 17.4. The Morgan fingerprint density at radius 1 is 1.06 bits per heavy atom. The summed E-state index contributed by atoms with van der Waals surface area (Å²) < 4.78 is 31.8. The van der Waals surface area contributed by atoms with Crippen molar-refractivity contribution in [3.8, 4) is 34.7 Å². The third-order valence-corrected chi connectivity index (χ3v) is 7.74. The first kappa shape index (κ1) is 27.2. The molecular weight excluding hydrogens is 480 g/mol. The van der Waals surface area contributed by atoms with Crippen LogP contribution in [0.3, 0.4) is 0 Å². The fourth-order valence-electron chi connectivity index (χ4n) is 4.23. The number of rotatable bonds is 7. The zero-order chi connectivity index (χ0) is 26.9. The summed E-state index contributed by atoms with van der Waals surface area (Å²) in [6, 6.07) is 16.5. The van der Waals surface area contributed by atoms with Gasteiger partial charge in [-0.1, -0.05) is 63.2 Å². The van der Waals surface area contributed by atoms with E-state index in [4.69, 9.17) is 15.9 Å².